The Morgan fingerprint density at radius 2 is 2.00 bits per heavy atom. The Bertz CT molecular complexity index is 596. The van der Waals surface area contributed by atoms with Gasteiger partial charge in [-0.15, -0.1) is 0 Å². The van der Waals surface area contributed by atoms with E-state index in [1.807, 2.05) is 38.1 Å². The van der Waals surface area contributed by atoms with Crippen LogP contribution in [-0.4, -0.2) is 37.0 Å². The molecule has 1 aliphatic heterocycles. The molecule has 1 heterocycles. The SMILES string of the molecule is CCCS(=O)(=O)N1CCC[C@H]1C(=O)Nc1ccc(C)cc1. The predicted molar refractivity (Wildman–Crippen MR) is 83.6 cm³/mol. The number of hydrogen-bond acceptors (Lipinski definition) is 3. The monoisotopic (exact) mass is 310 g/mol. The highest BCUT2D eigenvalue weighted by Crippen LogP contribution is 2.23. The Kier molecular flexibility index (Phi) is 5.00. The number of rotatable bonds is 5. The van der Waals surface area contributed by atoms with Gasteiger partial charge in [-0.3, -0.25) is 4.79 Å². The van der Waals surface area contributed by atoms with E-state index in [2.05, 4.69) is 5.32 Å². The van der Waals surface area contributed by atoms with Crippen LogP contribution in [0.15, 0.2) is 24.3 Å². The third-order valence-electron chi connectivity index (χ3n) is 3.64. The molecular formula is C15H22N2O3S. The Labute approximate surface area is 126 Å². The third kappa shape index (κ3) is 3.83. The van der Waals surface area contributed by atoms with E-state index in [9.17, 15) is 13.2 Å². The molecule has 1 saturated heterocycles. The molecule has 1 fully saturated rings. The molecule has 1 atom stereocenters. The fraction of sp³-hybridized carbons (Fsp3) is 0.533. The quantitative estimate of drug-likeness (QED) is 0.906. The van der Waals surface area contributed by atoms with Gasteiger partial charge >= 0.3 is 0 Å². The van der Waals surface area contributed by atoms with E-state index in [1.54, 1.807) is 0 Å². The van der Waals surface area contributed by atoms with Gasteiger partial charge in [0.15, 0.2) is 0 Å². The number of amides is 1. The molecule has 0 spiro atoms. The largest absolute Gasteiger partial charge is 0.325 e. The zero-order valence-corrected chi connectivity index (χ0v) is 13.3. The van der Waals surface area contributed by atoms with Crippen LogP contribution < -0.4 is 5.32 Å². The van der Waals surface area contributed by atoms with Crippen molar-refractivity contribution < 1.29 is 13.2 Å². The summed E-state index contributed by atoms with van der Waals surface area (Å²) in [7, 11) is -3.33. The van der Waals surface area contributed by atoms with Crippen LogP contribution in [-0.2, 0) is 14.8 Å². The first kappa shape index (κ1) is 16.0. The van der Waals surface area contributed by atoms with E-state index >= 15 is 0 Å². The van der Waals surface area contributed by atoms with Crippen molar-refractivity contribution in [3.8, 4) is 0 Å². The highest BCUT2D eigenvalue weighted by Gasteiger charge is 2.37. The molecule has 1 N–H and O–H groups in total. The number of anilines is 1. The second-order valence-corrected chi connectivity index (χ2v) is 7.48. The molecular weight excluding hydrogens is 288 g/mol. The average Bonchev–Trinajstić information content (AvgIpc) is 2.91. The summed E-state index contributed by atoms with van der Waals surface area (Å²) in [5.41, 5.74) is 1.81. The lowest BCUT2D eigenvalue weighted by Crippen LogP contribution is -2.44. The Morgan fingerprint density at radius 3 is 2.62 bits per heavy atom. The van der Waals surface area contributed by atoms with Crippen LogP contribution in [0.3, 0.4) is 0 Å². The van der Waals surface area contributed by atoms with Crippen molar-refractivity contribution >= 4 is 21.6 Å². The van der Waals surface area contributed by atoms with Gasteiger partial charge in [0.25, 0.3) is 0 Å². The van der Waals surface area contributed by atoms with E-state index in [-0.39, 0.29) is 11.7 Å². The van der Waals surface area contributed by atoms with Gasteiger partial charge in [-0.1, -0.05) is 24.6 Å². The van der Waals surface area contributed by atoms with Crippen molar-refractivity contribution in [2.24, 2.45) is 0 Å². The fourth-order valence-electron chi connectivity index (χ4n) is 2.57. The molecule has 0 aromatic heterocycles. The van der Waals surface area contributed by atoms with Crippen molar-refractivity contribution in [3.63, 3.8) is 0 Å². The van der Waals surface area contributed by atoms with E-state index in [0.717, 1.165) is 12.0 Å². The summed E-state index contributed by atoms with van der Waals surface area (Å²) in [5.74, 6) is -0.141. The Balaban J connectivity index is 2.09. The summed E-state index contributed by atoms with van der Waals surface area (Å²) in [6.45, 7) is 4.24. The normalized spacial score (nSPS) is 19.6. The molecule has 0 unspecified atom stereocenters. The van der Waals surface area contributed by atoms with Gasteiger partial charge in [0.1, 0.15) is 6.04 Å². The van der Waals surface area contributed by atoms with Crippen LogP contribution in [0.5, 0.6) is 0 Å². The molecule has 1 aromatic rings. The molecule has 6 heteroatoms. The smallest absolute Gasteiger partial charge is 0.242 e. The van der Waals surface area contributed by atoms with Crippen LogP contribution in [0.2, 0.25) is 0 Å². The van der Waals surface area contributed by atoms with Crippen molar-refractivity contribution in [1.29, 1.82) is 0 Å². The fourth-order valence-corrected chi connectivity index (χ4v) is 4.32. The summed E-state index contributed by atoms with van der Waals surface area (Å²) >= 11 is 0. The van der Waals surface area contributed by atoms with E-state index in [4.69, 9.17) is 0 Å². The molecule has 116 valence electrons. The van der Waals surface area contributed by atoms with E-state index in [0.29, 0.717) is 25.1 Å². The van der Waals surface area contributed by atoms with E-state index < -0.39 is 16.1 Å². The van der Waals surface area contributed by atoms with Gasteiger partial charge in [-0.2, -0.15) is 4.31 Å². The number of benzene rings is 1. The number of aryl methyl sites for hydroxylation is 1. The molecule has 1 amide bonds. The Hall–Kier alpha value is -1.40. The molecule has 5 nitrogen and oxygen atoms in total. The summed E-state index contributed by atoms with van der Waals surface area (Å²) in [4.78, 5) is 12.3. The molecule has 2 rings (SSSR count). The van der Waals surface area contributed by atoms with Crippen molar-refractivity contribution in [1.82, 2.24) is 4.31 Å². The number of nitrogens with zero attached hydrogens (tertiary/aromatic N) is 1. The lowest BCUT2D eigenvalue weighted by atomic mass is 10.2. The van der Waals surface area contributed by atoms with Crippen LogP contribution in [0.4, 0.5) is 5.69 Å². The van der Waals surface area contributed by atoms with Gasteiger partial charge in [0, 0.05) is 12.2 Å². The topological polar surface area (TPSA) is 66.5 Å². The highest BCUT2D eigenvalue weighted by molar-refractivity contribution is 7.89. The van der Waals surface area contributed by atoms with Gasteiger partial charge in [0.2, 0.25) is 15.9 Å². The Morgan fingerprint density at radius 1 is 1.33 bits per heavy atom. The number of hydrogen-bond donors (Lipinski definition) is 1. The van der Waals surface area contributed by atoms with Crippen molar-refractivity contribution in [3.05, 3.63) is 29.8 Å². The molecule has 21 heavy (non-hydrogen) atoms. The maximum absolute atomic E-state index is 12.3. The van der Waals surface area contributed by atoms with Crippen LogP contribution in [0.25, 0.3) is 0 Å². The van der Waals surface area contributed by atoms with Crippen LogP contribution >= 0.6 is 0 Å². The molecule has 1 aliphatic rings. The van der Waals surface area contributed by atoms with Gasteiger partial charge in [0.05, 0.1) is 5.75 Å². The highest BCUT2D eigenvalue weighted by atomic mass is 32.2. The number of carbonyl (C=O) groups excluding carboxylic acids is 1. The number of carbonyl (C=O) groups is 1. The minimum absolute atomic E-state index is 0.0985. The third-order valence-corrected chi connectivity index (χ3v) is 5.72. The summed E-state index contributed by atoms with van der Waals surface area (Å²) in [6.07, 6.45) is 1.88. The molecule has 0 aliphatic carbocycles. The molecule has 1 aromatic carbocycles. The average molecular weight is 310 g/mol. The van der Waals surface area contributed by atoms with Crippen molar-refractivity contribution in [2.75, 3.05) is 17.6 Å². The summed E-state index contributed by atoms with van der Waals surface area (Å²) in [6, 6.07) is 6.90. The number of sulfonamides is 1. The minimum Gasteiger partial charge on any atom is -0.325 e. The van der Waals surface area contributed by atoms with E-state index in [1.165, 1.54) is 4.31 Å². The zero-order valence-electron chi connectivity index (χ0n) is 12.5. The first-order valence-corrected chi connectivity index (χ1v) is 8.92. The molecule has 0 saturated carbocycles. The van der Waals surface area contributed by atoms with Gasteiger partial charge < -0.3 is 5.32 Å². The predicted octanol–water partition coefficient (Wildman–Crippen LogP) is 2.14. The maximum Gasteiger partial charge on any atom is 0.242 e. The van der Waals surface area contributed by atoms with Crippen LogP contribution in [0, 0.1) is 6.92 Å². The summed E-state index contributed by atoms with van der Waals surface area (Å²) in [5, 5.41) is 2.81. The maximum atomic E-state index is 12.3. The molecule has 0 radical (unpaired) electrons. The van der Waals surface area contributed by atoms with Crippen LogP contribution in [0.1, 0.15) is 31.7 Å². The minimum atomic E-state index is -3.33. The first-order valence-electron chi connectivity index (χ1n) is 7.31. The summed E-state index contributed by atoms with van der Waals surface area (Å²) < 4.78 is 25.7. The second kappa shape index (κ2) is 6.58. The lowest BCUT2D eigenvalue weighted by Gasteiger charge is -2.23. The standard InChI is InChI=1S/C15H22N2O3S/c1-3-11-21(19,20)17-10-4-5-14(17)15(18)16-13-8-6-12(2)7-9-13/h6-9,14H,3-5,10-11H2,1-2H3,(H,16,18)/t14-/m0/s1. The van der Waals surface area contributed by atoms with Crippen molar-refractivity contribution in [2.45, 2.75) is 39.2 Å². The zero-order chi connectivity index (χ0) is 15.5. The molecule has 0 bridgehead atoms. The second-order valence-electron chi connectivity index (χ2n) is 5.44. The van der Waals surface area contributed by atoms with Gasteiger partial charge in [-0.05, 0) is 38.3 Å². The first-order chi connectivity index (χ1) is 9.94. The number of nitrogens with one attached hydrogen (secondary N) is 1. The van der Waals surface area contributed by atoms with Gasteiger partial charge in [-0.25, -0.2) is 8.42 Å². The lowest BCUT2D eigenvalue weighted by molar-refractivity contribution is -0.119.